The molecule has 1 aliphatic heterocycles. The molecule has 1 aromatic rings. The number of benzene rings is 1. The fourth-order valence-corrected chi connectivity index (χ4v) is 2.60. The van der Waals surface area contributed by atoms with Crippen LogP contribution in [0.4, 0.5) is 4.39 Å². The maximum atomic E-state index is 13.4. The number of hydrogen-bond acceptors (Lipinski definition) is 3. The van der Waals surface area contributed by atoms with Crippen LogP contribution in [0.25, 0.3) is 0 Å². The summed E-state index contributed by atoms with van der Waals surface area (Å²) in [6.07, 6.45) is 1.93. The van der Waals surface area contributed by atoms with Gasteiger partial charge in [0.15, 0.2) is 0 Å². The number of Topliss-reactive ketones (excluding diaryl/α,β-unsaturated/α-hetero) is 1. The van der Waals surface area contributed by atoms with Crippen molar-refractivity contribution in [2.24, 2.45) is 5.92 Å². The standard InChI is InChI=1S/C15H17FN2O/c1-11(19)14-3-2-4-18(10-14)9-13-5-12(8-17)6-15(16)7-13/h5-7,14H,2-4,9-10H2,1H3. The average Bonchev–Trinajstić information content (AvgIpc) is 2.38. The number of carbonyl (C=O) groups is 1. The maximum absolute atomic E-state index is 13.4. The second-order valence-electron chi connectivity index (χ2n) is 5.14. The maximum Gasteiger partial charge on any atom is 0.134 e. The zero-order chi connectivity index (χ0) is 13.8. The van der Waals surface area contributed by atoms with Gasteiger partial charge < -0.3 is 0 Å². The zero-order valence-electron chi connectivity index (χ0n) is 11.0. The van der Waals surface area contributed by atoms with Gasteiger partial charge in [-0.1, -0.05) is 0 Å². The zero-order valence-corrected chi connectivity index (χ0v) is 11.0. The number of likely N-dealkylation sites (tertiary alicyclic amines) is 1. The van der Waals surface area contributed by atoms with Crippen LogP contribution in [0.3, 0.4) is 0 Å². The van der Waals surface area contributed by atoms with Crippen LogP contribution in [0, 0.1) is 23.1 Å². The van der Waals surface area contributed by atoms with Crippen molar-refractivity contribution in [1.29, 1.82) is 5.26 Å². The predicted molar refractivity (Wildman–Crippen MR) is 69.8 cm³/mol. The van der Waals surface area contributed by atoms with E-state index in [4.69, 9.17) is 5.26 Å². The SMILES string of the molecule is CC(=O)C1CCCN(Cc2cc(F)cc(C#N)c2)C1. The number of ketones is 1. The average molecular weight is 260 g/mol. The number of nitrogens with zero attached hydrogens (tertiary/aromatic N) is 2. The highest BCUT2D eigenvalue weighted by Crippen LogP contribution is 2.20. The highest BCUT2D eigenvalue weighted by atomic mass is 19.1. The number of carbonyl (C=O) groups excluding carboxylic acids is 1. The van der Waals surface area contributed by atoms with Gasteiger partial charge in [-0.15, -0.1) is 0 Å². The van der Waals surface area contributed by atoms with E-state index in [0.717, 1.165) is 31.5 Å². The molecule has 0 N–H and O–H groups in total. The smallest absolute Gasteiger partial charge is 0.134 e. The largest absolute Gasteiger partial charge is 0.300 e. The van der Waals surface area contributed by atoms with Crippen LogP contribution >= 0.6 is 0 Å². The van der Waals surface area contributed by atoms with Gasteiger partial charge in [0.2, 0.25) is 0 Å². The minimum absolute atomic E-state index is 0.0951. The Bertz CT molecular complexity index is 521. The first-order valence-corrected chi connectivity index (χ1v) is 6.51. The van der Waals surface area contributed by atoms with E-state index in [2.05, 4.69) is 4.90 Å². The van der Waals surface area contributed by atoms with Gasteiger partial charge in [0.25, 0.3) is 0 Å². The molecule has 0 aliphatic carbocycles. The molecule has 0 amide bonds. The van der Waals surface area contributed by atoms with E-state index >= 15 is 0 Å². The molecule has 1 aliphatic rings. The Balaban J connectivity index is 2.06. The lowest BCUT2D eigenvalue weighted by Crippen LogP contribution is -2.37. The Labute approximate surface area is 112 Å². The first kappa shape index (κ1) is 13.7. The quantitative estimate of drug-likeness (QED) is 0.838. The number of rotatable bonds is 3. The summed E-state index contributed by atoms with van der Waals surface area (Å²) in [6, 6.07) is 6.36. The molecule has 0 bridgehead atoms. The van der Waals surface area contributed by atoms with Crippen molar-refractivity contribution in [3.05, 3.63) is 35.1 Å². The van der Waals surface area contributed by atoms with E-state index in [1.54, 1.807) is 13.0 Å². The van der Waals surface area contributed by atoms with Crippen LogP contribution in [-0.4, -0.2) is 23.8 Å². The Hall–Kier alpha value is -1.73. The van der Waals surface area contributed by atoms with Crippen LogP contribution in [0.1, 0.15) is 30.9 Å². The van der Waals surface area contributed by atoms with Crippen molar-refractivity contribution in [3.8, 4) is 6.07 Å². The first-order valence-electron chi connectivity index (χ1n) is 6.51. The molecule has 0 spiro atoms. The van der Waals surface area contributed by atoms with E-state index < -0.39 is 0 Å². The van der Waals surface area contributed by atoms with Gasteiger partial charge in [0, 0.05) is 19.0 Å². The van der Waals surface area contributed by atoms with Crippen LogP contribution in [-0.2, 0) is 11.3 Å². The molecule has 3 nitrogen and oxygen atoms in total. The van der Waals surface area contributed by atoms with Gasteiger partial charge in [-0.3, -0.25) is 9.69 Å². The summed E-state index contributed by atoms with van der Waals surface area (Å²) in [7, 11) is 0. The fraction of sp³-hybridized carbons (Fsp3) is 0.467. The predicted octanol–water partition coefficient (Wildman–Crippen LogP) is 2.50. The van der Waals surface area contributed by atoms with Crippen LogP contribution in [0.2, 0.25) is 0 Å². The molecule has 1 aromatic carbocycles. The van der Waals surface area contributed by atoms with Crippen LogP contribution in [0.5, 0.6) is 0 Å². The van der Waals surface area contributed by atoms with Crippen molar-refractivity contribution in [1.82, 2.24) is 4.90 Å². The summed E-state index contributed by atoms with van der Waals surface area (Å²) in [6.45, 7) is 3.87. The molecule has 1 atom stereocenters. The Morgan fingerprint density at radius 1 is 1.53 bits per heavy atom. The highest BCUT2D eigenvalue weighted by molar-refractivity contribution is 5.78. The second kappa shape index (κ2) is 5.94. The van der Waals surface area contributed by atoms with E-state index in [1.165, 1.54) is 12.1 Å². The molecule has 2 rings (SSSR count). The normalized spacial score (nSPS) is 19.9. The lowest BCUT2D eigenvalue weighted by atomic mass is 9.94. The third kappa shape index (κ3) is 3.62. The number of piperidine rings is 1. The summed E-state index contributed by atoms with van der Waals surface area (Å²) >= 11 is 0. The van der Waals surface area contributed by atoms with E-state index in [9.17, 15) is 9.18 Å². The molecule has 1 fully saturated rings. The molecular formula is C15H17FN2O. The monoisotopic (exact) mass is 260 g/mol. The number of halogens is 1. The summed E-state index contributed by atoms with van der Waals surface area (Å²) in [5.41, 5.74) is 1.14. The third-order valence-electron chi connectivity index (χ3n) is 3.57. The van der Waals surface area contributed by atoms with Gasteiger partial charge in [-0.25, -0.2) is 4.39 Å². The van der Waals surface area contributed by atoms with E-state index in [1.807, 2.05) is 6.07 Å². The Kier molecular flexibility index (Phi) is 4.28. The molecule has 0 radical (unpaired) electrons. The molecule has 1 heterocycles. The lowest BCUT2D eigenvalue weighted by molar-refractivity contribution is -0.122. The van der Waals surface area contributed by atoms with Gasteiger partial charge in [-0.2, -0.15) is 5.26 Å². The molecule has 4 heteroatoms. The van der Waals surface area contributed by atoms with Gasteiger partial charge in [0.1, 0.15) is 11.6 Å². The fourth-order valence-electron chi connectivity index (χ4n) is 2.60. The minimum atomic E-state index is -0.380. The second-order valence-corrected chi connectivity index (χ2v) is 5.14. The molecular weight excluding hydrogens is 243 g/mol. The lowest BCUT2D eigenvalue weighted by Gasteiger charge is -2.31. The van der Waals surface area contributed by atoms with Crippen molar-refractivity contribution in [2.75, 3.05) is 13.1 Å². The number of nitriles is 1. The number of hydrogen-bond donors (Lipinski definition) is 0. The minimum Gasteiger partial charge on any atom is -0.300 e. The molecule has 1 saturated heterocycles. The van der Waals surface area contributed by atoms with Crippen LogP contribution in [0.15, 0.2) is 18.2 Å². The first-order chi connectivity index (χ1) is 9.08. The van der Waals surface area contributed by atoms with Crippen molar-refractivity contribution >= 4 is 5.78 Å². The van der Waals surface area contributed by atoms with Crippen molar-refractivity contribution in [2.45, 2.75) is 26.3 Å². The van der Waals surface area contributed by atoms with Crippen molar-refractivity contribution < 1.29 is 9.18 Å². The topological polar surface area (TPSA) is 44.1 Å². The van der Waals surface area contributed by atoms with Crippen molar-refractivity contribution in [3.63, 3.8) is 0 Å². The summed E-state index contributed by atoms with van der Waals surface area (Å²) in [5, 5.41) is 8.83. The molecule has 19 heavy (non-hydrogen) atoms. The van der Waals surface area contributed by atoms with Crippen LogP contribution < -0.4 is 0 Å². The van der Waals surface area contributed by atoms with E-state index in [-0.39, 0.29) is 17.5 Å². The Morgan fingerprint density at radius 3 is 3.00 bits per heavy atom. The van der Waals surface area contributed by atoms with Gasteiger partial charge in [0.05, 0.1) is 11.6 Å². The van der Waals surface area contributed by atoms with E-state index in [0.29, 0.717) is 12.1 Å². The summed E-state index contributed by atoms with van der Waals surface area (Å²) in [5.74, 6) is -0.0615. The summed E-state index contributed by atoms with van der Waals surface area (Å²) in [4.78, 5) is 13.6. The molecule has 0 saturated carbocycles. The molecule has 1 unspecified atom stereocenters. The van der Waals surface area contributed by atoms with Gasteiger partial charge in [-0.05, 0) is 50.1 Å². The summed E-state index contributed by atoms with van der Waals surface area (Å²) < 4.78 is 13.4. The van der Waals surface area contributed by atoms with Gasteiger partial charge >= 0.3 is 0 Å². The Morgan fingerprint density at radius 2 is 2.32 bits per heavy atom. The molecule has 100 valence electrons. The molecule has 0 aromatic heterocycles. The highest BCUT2D eigenvalue weighted by Gasteiger charge is 2.23. The third-order valence-corrected chi connectivity index (χ3v) is 3.57.